The summed E-state index contributed by atoms with van der Waals surface area (Å²) >= 11 is 0. The van der Waals surface area contributed by atoms with Crippen molar-refractivity contribution < 1.29 is 5.11 Å². The Bertz CT molecular complexity index is 564. The highest BCUT2D eigenvalue weighted by atomic mass is 16.3. The van der Waals surface area contributed by atoms with E-state index in [2.05, 4.69) is 24.1 Å². The Kier molecular flexibility index (Phi) is 2.96. The van der Waals surface area contributed by atoms with E-state index in [0.29, 0.717) is 11.8 Å². The molecule has 1 aliphatic heterocycles. The van der Waals surface area contributed by atoms with Gasteiger partial charge in [0, 0.05) is 17.0 Å². The van der Waals surface area contributed by atoms with Gasteiger partial charge in [-0.1, -0.05) is 42.8 Å². The van der Waals surface area contributed by atoms with Crippen LogP contribution in [0.25, 0.3) is 10.8 Å². The topological polar surface area (TPSA) is 23.5 Å². The minimum atomic E-state index is 0.364. The molecule has 0 radical (unpaired) electrons. The van der Waals surface area contributed by atoms with Crippen LogP contribution in [-0.2, 0) is 0 Å². The van der Waals surface area contributed by atoms with Gasteiger partial charge in [-0.05, 0) is 31.8 Å². The highest BCUT2D eigenvalue weighted by Gasteiger charge is 2.23. The van der Waals surface area contributed by atoms with Crippen LogP contribution in [-0.4, -0.2) is 23.6 Å². The van der Waals surface area contributed by atoms with Gasteiger partial charge in [-0.15, -0.1) is 0 Å². The molecule has 18 heavy (non-hydrogen) atoms. The number of fused-ring (bicyclic) bond motifs is 1. The first-order valence-corrected chi connectivity index (χ1v) is 6.68. The Morgan fingerprint density at radius 3 is 2.78 bits per heavy atom. The molecule has 0 bridgehead atoms. The molecule has 0 amide bonds. The summed E-state index contributed by atoms with van der Waals surface area (Å²) in [5.74, 6) is 0.465. The van der Waals surface area contributed by atoms with Crippen molar-refractivity contribution in [3.63, 3.8) is 0 Å². The summed E-state index contributed by atoms with van der Waals surface area (Å²) < 4.78 is 0. The van der Waals surface area contributed by atoms with Gasteiger partial charge in [-0.2, -0.15) is 0 Å². The second-order valence-corrected chi connectivity index (χ2v) is 5.22. The quantitative estimate of drug-likeness (QED) is 0.823. The molecule has 94 valence electrons. The summed E-state index contributed by atoms with van der Waals surface area (Å²) in [6.07, 6.45) is 3.66. The number of hydrogen-bond acceptors (Lipinski definition) is 2. The molecule has 1 unspecified atom stereocenters. The standard InChI is InChI=1S/C16H19NO/c1-17-11-5-4-8-15(17)14-10-9-12-6-2-3-7-13(12)16(14)18/h2-3,6-7,9-10,15,18H,4-5,8,11H2,1H3. The Labute approximate surface area is 108 Å². The van der Waals surface area contributed by atoms with Crippen molar-refractivity contribution >= 4 is 10.8 Å². The van der Waals surface area contributed by atoms with Crippen LogP contribution in [0.4, 0.5) is 0 Å². The molecule has 2 aromatic carbocycles. The molecule has 1 heterocycles. The zero-order valence-corrected chi connectivity index (χ0v) is 10.8. The Balaban J connectivity index is 2.09. The number of phenolic OH excluding ortho intramolecular Hbond substituents is 1. The van der Waals surface area contributed by atoms with E-state index < -0.39 is 0 Å². The molecule has 2 nitrogen and oxygen atoms in total. The summed E-state index contributed by atoms with van der Waals surface area (Å²) in [4.78, 5) is 2.35. The van der Waals surface area contributed by atoms with E-state index in [0.717, 1.165) is 29.3 Å². The lowest BCUT2D eigenvalue weighted by molar-refractivity contribution is 0.184. The van der Waals surface area contributed by atoms with E-state index in [-0.39, 0.29) is 0 Å². The Hall–Kier alpha value is -1.54. The molecule has 2 aromatic rings. The number of benzene rings is 2. The van der Waals surface area contributed by atoms with Crippen LogP contribution in [0.3, 0.4) is 0 Å². The van der Waals surface area contributed by atoms with Gasteiger partial charge in [0.15, 0.2) is 0 Å². The molecular weight excluding hydrogens is 222 g/mol. The van der Waals surface area contributed by atoms with Crippen LogP contribution in [0.15, 0.2) is 36.4 Å². The van der Waals surface area contributed by atoms with Gasteiger partial charge in [-0.25, -0.2) is 0 Å². The van der Waals surface area contributed by atoms with Crippen LogP contribution in [0.1, 0.15) is 30.9 Å². The van der Waals surface area contributed by atoms with E-state index >= 15 is 0 Å². The van der Waals surface area contributed by atoms with E-state index in [1.807, 2.05) is 24.3 Å². The molecule has 1 fully saturated rings. The first-order valence-electron chi connectivity index (χ1n) is 6.68. The molecule has 1 N–H and O–H groups in total. The summed E-state index contributed by atoms with van der Waals surface area (Å²) in [6.45, 7) is 1.12. The lowest BCUT2D eigenvalue weighted by atomic mass is 9.93. The molecule has 3 rings (SSSR count). The normalized spacial score (nSPS) is 21.3. The lowest BCUT2D eigenvalue weighted by Crippen LogP contribution is -2.29. The number of rotatable bonds is 1. The second-order valence-electron chi connectivity index (χ2n) is 5.22. The third-order valence-electron chi connectivity index (χ3n) is 4.06. The monoisotopic (exact) mass is 241 g/mol. The third-order valence-corrected chi connectivity index (χ3v) is 4.06. The Morgan fingerprint density at radius 1 is 1.11 bits per heavy atom. The largest absolute Gasteiger partial charge is 0.507 e. The van der Waals surface area contributed by atoms with Crippen molar-refractivity contribution in [2.24, 2.45) is 0 Å². The fourth-order valence-corrected chi connectivity index (χ4v) is 3.01. The van der Waals surface area contributed by atoms with Crippen LogP contribution in [0.5, 0.6) is 5.75 Å². The highest BCUT2D eigenvalue weighted by Crippen LogP contribution is 2.38. The Morgan fingerprint density at radius 2 is 1.94 bits per heavy atom. The third kappa shape index (κ3) is 1.87. The fourth-order valence-electron chi connectivity index (χ4n) is 3.01. The zero-order chi connectivity index (χ0) is 12.5. The van der Waals surface area contributed by atoms with E-state index in [1.54, 1.807) is 0 Å². The zero-order valence-electron chi connectivity index (χ0n) is 10.8. The van der Waals surface area contributed by atoms with Crippen LogP contribution < -0.4 is 0 Å². The van der Waals surface area contributed by atoms with E-state index in [9.17, 15) is 5.11 Å². The molecule has 1 saturated heterocycles. The van der Waals surface area contributed by atoms with E-state index in [4.69, 9.17) is 0 Å². The van der Waals surface area contributed by atoms with Gasteiger partial charge in [-0.3, -0.25) is 4.90 Å². The predicted molar refractivity (Wildman–Crippen MR) is 74.8 cm³/mol. The smallest absolute Gasteiger partial charge is 0.128 e. The fraction of sp³-hybridized carbons (Fsp3) is 0.375. The number of phenols is 1. The lowest BCUT2D eigenvalue weighted by Gasteiger charge is -2.33. The highest BCUT2D eigenvalue weighted by molar-refractivity contribution is 5.89. The average Bonchev–Trinajstić information content (AvgIpc) is 2.41. The van der Waals surface area contributed by atoms with Gasteiger partial charge >= 0.3 is 0 Å². The molecule has 0 spiro atoms. The van der Waals surface area contributed by atoms with Crippen molar-refractivity contribution in [1.82, 2.24) is 4.90 Å². The van der Waals surface area contributed by atoms with Gasteiger partial charge in [0.25, 0.3) is 0 Å². The maximum atomic E-state index is 10.5. The molecular formula is C16H19NO. The number of likely N-dealkylation sites (tertiary alicyclic amines) is 1. The van der Waals surface area contributed by atoms with Crippen LogP contribution >= 0.6 is 0 Å². The van der Waals surface area contributed by atoms with Crippen molar-refractivity contribution in [2.45, 2.75) is 25.3 Å². The van der Waals surface area contributed by atoms with Gasteiger partial charge < -0.3 is 5.11 Å². The molecule has 0 aromatic heterocycles. The van der Waals surface area contributed by atoms with Crippen molar-refractivity contribution in [2.75, 3.05) is 13.6 Å². The maximum Gasteiger partial charge on any atom is 0.128 e. The SMILES string of the molecule is CN1CCCCC1c1ccc2ccccc2c1O. The molecule has 1 atom stereocenters. The summed E-state index contributed by atoms with van der Waals surface area (Å²) in [5.41, 5.74) is 1.08. The van der Waals surface area contributed by atoms with Crippen molar-refractivity contribution in [3.05, 3.63) is 42.0 Å². The minimum absolute atomic E-state index is 0.364. The van der Waals surface area contributed by atoms with Gasteiger partial charge in [0.2, 0.25) is 0 Å². The molecule has 0 saturated carbocycles. The minimum Gasteiger partial charge on any atom is -0.507 e. The molecule has 0 aliphatic carbocycles. The maximum absolute atomic E-state index is 10.5. The number of piperidine rings is 1. The van der Waals surface area contributed by atoms with Crippen molar-refractivity contribution in [1.29, 1.82) is 0 Å². The molecule has 1 aliphatic rings. The summed E-state index contributed by atoms with van der Waals surface area (Å²) in [7, 11) is 2.15. The second kappa shape index (κ2) is 4.62. The van der Waals surface area contributed by atoms with Gasteiger partial charge in [0.05, 0.1) is 0 Å². The first-order chi connectivity index (χ1) is 8.77. The summed E-state index contributed by atoms with van der Waals surface area (Å²) in [5, 5.41) is 12.6. The average molecular weight is 241 g/mol. The van der Waals surface area contributed by atoms with Crippen LogP contribution in [0.2, 0.25) is 0 Å². The van der Waals surface area contributed by atoms with E-state index in [1.165, 1.54) is 12.8 Å². The number of aromatic hydroxyl groups is 1. The van der Waals surface area contributed by atoms with Crippen molar-refractivity contribution in [3.8, 4) is 5.75 Å². The predicted octanol–water partition coefficient (Wildman–Crippen LogP) is 3.70. The first kappa shape index (κ1) is 11.5. The number of nitrogens with zero attached hydrogens (tertiary/aromatic N) is 1. The molecule has 2 heteroatoms. The number of hydrogen-bond donors (Lipinski definition) is 1. The van der Waals surface area contributed by atoms with Crippen LogP contribution in [0, 0.1) is 0 Å². The summed E-state index contributed by atoms with van der Waals surface area (Å²) in [6, 6.07) is 12.6. The van der Waals surface area contributed by atoms with Gasteiger partial charge in [0.1, 0.15) is 5.75 Å².